The third kappa shape index (κ3) is 4.55. The van der Waals surface area contributed by atoms with E-state index in [-0.39, 0.29) is 6.03 Å². The van der Waals surface area contributed by atoms with Gasteiger partial charge in [-0.15, -0.1) is 0 Å². The maximum absolute atomic E-state index is 12.7. The molecule has 1 saturated heterocycles. The van der Waals surface area contributed by atoms with Crippen molar-refractivity contribution >= 4 is 22.8 Å². The number of hydrogen-bond acceptors (Lipinski definition) is 6. The Morgan fingerprint density at radius 2 is 1.84 bits per heavy atom. The first kappa shape index (κ1) is 20.0. The van der Waals surface area contributed by atoms with Crippen LogP contribution in [-0.4, -0.2) is 52.2 Å². The molecule has 0 atom stereocenters. The van der Waals surface area contributed by atoms with Crippen LogP contribution in [0, 0.1) is 0 Å². The lowest BCUT2D eigenvalue weighted by atomic mass is 10.2. The molecular weight excluding hydrogens is 406 g/mol. The van der Waals surface area contributed by atoms with Crippen LogP contribution in [0.4, 0.5) is 10.7 Å². The third-order valence-corrected chi connectivity index (χ3v) is 5.43. The Morgan fingerprint density at radius 1 is 1.00 bits per heavy atom. The summed E-state index contributed by atoms with van der Waals surface area (Å²) in [5.74, 6) is 1.72. The highest BCUT2D eigenvalue weighted by atomic mass is 16.5. The van der Waals surface area contributed by atoms with Crippen LogP contribution in [-0.2, 0) is 6.54 Å². The van der Waals surface area contributed by atoms with Gasteiger partial charge in [-0.1, -0.05) is 35.5 Å². The topological polar surface area (TPSA) is 83.7 Å². The predicted octanol–water partition coefficient (Wildman–Crippen LogP) is 4.36. The van der Waals surface area contributed by atoms with Crippen molar-refractivity contribution in [2.75, 3.05) is 31.5 Å². The molecule has 4 aromatic rings. The summed E-state index contributed by atoms with van der Waals surface area (Å²) in [6, 6.07) is 20.9. The van der Waals surface area contributed by atoms with Gasteiger partial charge in [0.1, 0.15) is 11.3 Å². The van der Waals surface area contributed by atoms with Crippen LogP contribution in [0.1, 0.15) is 5.56 Å². The van der Waals surface area contributed by atoms with Crippen molar-refractivity contribution in [2.24, 2.45) is 0 Å². The number of rotatable bonds is 5. The van der Waals surface area contributed by atoms with E-state index in [1.54, 1.807) is 11.1 Å². The Balaban J connectivity index is 1.15. The fraction of sp³-hybridized carbons (Fsp3) is 0.208. The van der Waals surface area contributed by atoms with Gasteiger partial charge in [0.05, 0.1) is 5.39 Å². The van der Waals surface area contributed by atoms with E-state index in [4.69, 9.17) is 9.26 Å². The Labute approximate surface area is 185 Å². The molecule has 0 aliphatic carbocycles. The predicted molar refractivity (Wildman–Crippen MR) is 121 cm³/mol. The number of ether oxygens (including phenoxy) is 1. The van der Waals surface area contributed by atoms with Gasteiger partial charge in [-0.3, -0.25) is 10.2 Å². The molecule has 2 amide bonds. The SMILES string of the molecule is O=C(Nc1onc2ccccc12)N1CCN(Cc2cccc(Oc3ccccn3)c2)CC1. The summed E-state index contributed by atoms with van der Waals surface area (Å²) in [7, 11) is 0. The number of anilines is 1. The number of hydrogen-bond donors (Lipinski definition) is 1. The number of urea groups is 1. The zero-order valence-corrected chi connectivity index (χ0v) is 17.5. The minimum Gasteiger partial charge on any atom is -0.439 e. The number of aromatic nitrogens is 2. The Bertz CT molecular complexity index is 1200. The Kier molecular flexibility index (Phi) is 5.67. The van der Waals surface area contributed by atoms with E-state index in [2.05, 4.69) is 26.4 Å². The highest BCUT2D eigenvalue weighted by Gasteiger charge is 2.23. The molecule has 8 heteroatoms. The molecule has 1 aliphatic rings. The smallest absolute Gasteiger partial charge is 0.324 e. The van der Waals surface area contributed by atoms with E-state index in [0.29, 0.717) is 24.9 Å². The van der Waals surface area contributed by atoms with E-state index >= 15 is 0 Å². The summed E-state index contributed by atoms with van der Waals surface area (Å²) in [6.45, 7) is 3.65. The first-order valence-corrected chi connectivity index (χ1v) is 10.6. The van der Waals surface area contributed by atoms with Gasteiger partial charge < -0.3 is 14.2 Å². The first-order valence-electron chi connectivity index (χ1n) is 10.6. The largest absolute Gasteiger partial charge is 0.439 e. The minimum absolute atomic E-state index is 0.169. The molecule has 2 aromatic heterocycles. The molecule has 2 aromatic carbocycles. The second-order valence-electron chi connectivity index (χ2n) is 7.64. The van der Waals surface area contributed by atoms with Crippen molar-refractivity contribution in [1.29, 1.82) is 0 Å². The number of fused-ring (bicyclic) bond motifs is 1. The van der Waals surface area contributed by atoms with E-state index in [1.165, 1.54) is 0 Å². The van der Waals surface area contributed by atoms with Gasteiger partial charge in [0.15, 0.2) is 0 Å². The summed E-state index contributed by atoms with van der Waals surface area (Å²) >= 11 is 0. The quantitative estimate of drug-likeness (QED) is 0.507. The molecule has 0 spiro atoms. The van der Waals surface area contributed by atoms with Gasteiger partial charge in [0.25, 0.3) is 0 Å². The van der Waals surface area contributed by atoms with Gasteiger partial charge in [-0.05, 0) is 35.9 Å². The number of pyridine rings is 1. The van der Waals surface area contributed by atoms with Gasteiger partial charge >= 0.3 is 6.03 Å². The second kappa shape index (κ2) is 9.07. The summed E-state index contributed by atoms with van der Waals surface area (Å²) in [5.41, 5.74) is 1.88. The number of nitrogens with zero attached hydrogens (tertiary/aromatic N) is 4. The van der Waals surface area contributed by atoms with Crippen molar-refractivity contribution in [3.63, 3.8) is 0 Å². The summed E-state index contributed by atoms with van der Waals surface area (Å²) in [5, 5.41) is 7.62. The lowest BCUT2D eigenvalue weighted by Gasteiger charge is -2.34. The molecule has 162 valence electrons. The zero-order valence-electron chi connectivity index (χ0n) is 17.5. The van der Waals surface area contributed by atoms with Crippen LogP contribution in [0.3, 0.4) is 0 Å². The van der Waals surface area contributed by atoms with Crippen molar-refractivity contribution in [1.82, 2.24) is 19.9 Å². The summed E-state index contributed by atoms with van der Waals surface area (Å²) in [6.07, 6.45) is 1.71. The first-order chi connectivity index (χ1) is 15.7. The number of benzene rings is 2. The minimum atomic E-state index is -0.169. The molecule has 32 heavy (non-hydrogen) atoms. The highest BCUT2D eigenvalue weighted by molar-refractivity contribution is 5.97. The van der Waals surface area contributed by atoms with Gasteiger partial charge in [-0.2, -0.15) is 0 Å². The van der Waals surface area contributed by atoms with Crippen LogP contribution >= 0.6 is 0 Å². The normalized spacial score (nSPS) is 14.4. The van der Waals surface area contributed by atoms with Crippen molar-refractivity contribution < 1.29 is 14.1 Å². The van der Waals surface area contributed by atoms with Crippen LogP contribution in [0.5, 0.6) is 11.6 Å². The van der Waals surface area contributed by atoms with Crippen LogP contribution in [0.2, 0.25) is 0 Å². The fourth-order valence-electron chi connectivity index (χ4n) is 3.76. The van der Waals surface area contributed by atoms with E-state index in [0.717, 1.165) is 41.9 Å². The average molecular weight is 429 g/mol. The molecule has 1 aliphatic heterocycles. The van der Waals surface area contributed by atoms with E-state index in [1.807, 2.05) is 60.7 Å². The highest BCUT2D eigenvalue weighted by Crippen LogP contribution is 2.24. The number of piperazine rings is 1. The molecular formula is C24H23N5O3. The average Bonchev–Trinajstić information content (AvgIpc) is 3.23. The standard InChI is InChI=1S/C24H23N5O3/c30-24(26-23-20-8-1-2-9-21(20)27-32-23)29-14-12-28(13-15-29)17-18-6-5-7-19(16-18)31-22-10-3-4-11-25-22/h1-11,16H,12-15,17H2,(H,26,30). The molecule has 8 nitrogen and oxygen atoms in total. The van der Waals surface area contributed by atoms with E-state index in [9.17, 15) is 4.79 Å². The van der Waals surface area contributed by atoms with Crippen LogP contribution in [0.15, 0.2) is 77.4 Å². The molecule has 5 rings (SSSR count). The third-order valence-electron chi connectivity index (χ3n) is 5.43. The Morgan fingerprint density at radius 3 is 2.69 bits per heavy atom. The van der Waals surface area contributed by atoms with Gasteiger partial charge in [0.2, 0.25) is 11.8 Å². The van der Waals surface area contributed by atoms with Crippen molar-refractivity contribution in [3.05, 3.63) is 78.5 Å². The molecule has 0 saturated carbocycles. The maximum atomic E-state index is 12.7. The number of nitrogens with one attached hydrogen (secondary N) is 1. The summed E-state index contributed by atoms with van der Waals surface area (Å²) in [4.78, 5) is 21.0. The van der Waals surface area contributed by atoms with Crippen LogP contribution in [0.25, 0.3) is 10.9 Å². The molecule has 1 N–H and O–H groups in total. The second-order valence-corrected chi connectivity index (χ2v) is 7.64. The molecule has 0 bridgehead atoms. The molecule has 3 heterocycles. The zero-order chi connectivity index (χ0) is 21.8. The summed E-state index contributed by atoms with van der Waals surface area (Å²) < 4.78 is 11.1. The number of carbonyl (C=O) groups excluding carboxylic acids is 1. The van der Waals surface area contributed by atoms with Gasteiger partial charge in [0, 0.05) is 45.0 Å². The van der Waals surface area contributed by atoms with E-state index < -0.39 is 0 Å². The lowest BCUT2D eigenvalue weighted by molar-refractivity contribution is 0.142. The Hall–Kier alpha value is -3.91. The molecule has 1 fully saturated rings. The fourth-order valence-corrected chi connectivity index (χ4v) is 3.76. The number of carbonyl (C=O) groups is 1. The van der Waals surface area contributed by atoms with Crippen molar-refractivity contribution in [2.45, 2.75) is 6.54 Å². The lowest BCUT2D eigenvalue weighted by Crippen LogP contribution is -2.49. The number of amides is 2. The van der Waals surface area contributed by atoms with Crippen LogP contribution < -0.4 is 10.1 Å². The molecule has 0 unspecified atom stereocenters. The maximum Gasteiger partial charge on any atom is 0.324 e. The van der Waals surface area contributed by atoms with Crippen molar-refractivity contribution in [3.8, 4) is 11.6 Å². The monoisotopic (exact) mass is 429 g/mol. The molecule has 0 radical (unpaired) electrons. The van der Waals surface area contributed by atoms with Gasteiger partial charge in [-0.25, -0.2) is 9.78 Å².